The van der Waals surface area contributed by atoms with Crippen molar-refractivity contribution in [2.45, 2.75) is 19.9 Å². The summed E-state index contributed by atoms with van der Waals surface area (Å²) < 4.78 is 10.5. The van der Waals surface area contributed by atoms with E-state index in [0.29, 0.717) is 32.8 Å². The summed E-state index contributed by atoms with van der Waals surface area (Å²) in [7, 11) is 1.64. The highest BCUT2D eigenvalue weighted by Crippen LogP contribution is 2.27. The molecule has 142 valence electrons. The maximum absolute atomic E-state index is 12.1. The minimum atomic E-state index is 0. The Morgan fingerprint density at radius 3 is 2.88 bits per heavy atom. The number of rotatable bonds is 9. The molecule has 0 aliphatic carbocycles. The third kappa shape index (κ3) is 7.20. The summed E-state index contributed by atoms with van der Waals surface area (Å²) in [6, 6.07) is 7.75. The lowest BCUT2D eigenvalue weighted by molar-refractivity contribution is -0.122. The number of methoxy groups -OCH3 is 1. The molecule has 1 unspecified atom stereocenters. The first-order valence-electron chi connectivity index (χ1n) is 8.44. The molecule has 1 aromatic carbocycles. The van der Waals surface area contributed by atoms with E-state index in [4.69, 9.17) is 15.2 Å². The van der Waals surface area contributed by atoms with Crippen molar-refractivity contribution in [1.82, 2.24) is 10.2 Å². The molecule has 1 atom stereocenters. The SMILES string of the molecule is COCCOc1cccc(CNC(=O)CN2CCC(C)(CN)C2)c1.Cl. The van der Waals surface area contributed by atoms with Crippen LogP contribution in [0.5, 0.6) is 5.75 Å². The molecule has 0 spiro atoms. The molecule has 1 fully saturated rings. The molecule has 1 heterocycles. The van der Waals surface area contributed by atoms with E-state index in [1.54, 1.807) is 7.11 Å². The van der Waals surface area contributed by atoms with Gasteiger partial charge in [0.05, 0.1) is 13.2 Å². The fraction of sp³-hybridized carbons (Fsp3) is 0.611. The van der Waals surface area contributed by atoms with Crippen molar-refractivity contribution in [2.75, 3.05) is 46.5 Å². The summed E-state index contributed by atoms with van der Waals surface area (Å²) >= 11 is 0. The van der Waals surface area contributed by atoms with Crippen molar-refractivity contribution in [1.29, 1.82) is 0 Å². The quantitative estimate of drug-likeness (QED) is 0.642. The van der Waals surface area contributed by atoms with E-state index in [1.165, 1.54) is 0 Å². The maximum atomic E-state index is 12.1. The van der Waals surface area contributed by atoms with Crippen LogP contribution in [0.15, 0.2) is 24.3 Å². The van der Waals surface area contributed by atoms with Gasteiger partial charge in [0.25, 0.3) is 0 Å². The lowest BCUT2D eigenvalue weighted by Gasteiger charge is -2.22. The van der Waals surface area contributed by atoms with Crippen LogP contribution in [-0.2, 0) is 16.1 Å². The molecular formula is C18H30ClN3O3. The maximum Gasteiger partial charge on any atom is 0.234 e. The molecule has 1 aromatic rings. The second kappa shape index (κ2) is 10.6. The Hall–Kier alpha value is -1.34. The summed E-state index contributed by atoms with van der Waals surface area (Å²) in [6.45, 7) is 6.67. The van der Waals surface area contributed by atoms with E-state index in [2.05, 4.69) is 17.1 Å². The Labute approximate surface area is 156 Å². The van der Waals surface area contributed by atoms with Gasteiger partial charge in [-0.3, -0.25) is 9.69 Å². The number of hydrogen-bond donors (Lipinski definition) is 2. The van der Waals surface area contributed by atoms with Crippen molar-refractivity contribution in [3.63, 3.8) is 0 Å². The van der Waals surface area contributed by atoms with E-state index in [-0.39, 0.29) is 23.7 Å². The molecule has 1 amide bonds. The summed E-state index contributed by atoms with van der Waals surface area (Å²) in [5.74, 6) is 0.832. The van der Waals surface area contributed by atoms with Gasteiger partial charge in [0.15, 0.2) is 0 Å². The van der Waals surface area contributed by atoms with Crippen LogP contribution in [0.1, 0.15) is 18.9 Å². The molecule has 0 bridgehead atoms. The molecule has 0 saturated carbocycles. The van der Waals surface area contributed by atoms with E-state index < -0.39 is 0 Å². The second-order valence-electron chi connectivity index (χ2n) is 6.74. The van der Waals surface area contributed by atoms with Gasteiger partial charge in [-0.1, -0.05) is 19.1 Å². The van der Waals surface area contributed by atoms with Gasteiger partial charge in [-0.15, -0.1) is 12.4 Å². The van der Waals surface area contributed by atoms with Crippen LogP contribution in [0.3, 0.4) is 0 Å². The Balaban J connectivity index is 0.00000312. The van der Waals surface area contributed by atoms with Crippen molar-refractivity contribution in [3.05, 3.63) is 29.8 Å². The minimum absolute atomic E-state index is 0. The summed E-state index contributed by atoms with van der Waals surface area (Å²) in [6.07, 6.45) is 1.05. The van der Waals surface area contributed by atoms with Crippen LogP contribution in [0.4, 0.5) is 0 Å². The van der Waals surface area contributed by atoms with Crippen molar-refractivity contribution in [3.8, 4) is 5.75 Å². The zero-order valence-corrected chi connectivity index (χ0v) is 15.9. The molecule has 7 heteroatoms. The van der Waals surface area contributed by atoms with Gasteiger partial charge >= 0.3 is 0 Å². The first kappa shape index (κ1) is 21.7. The number of carbonyl (C=O) groups excluding carboxylic acids is 1. The van der Waals surface area contributed by atoms with Gasteiger partial charge < -0.3 is 20.5 Å². The van der Waals surface area contributed by atoms with Crippen molar-refractivity contribution < 1.29 is 14.3 Å². The van der Waals surface area contributed by atoms with Gasteiger partial charge in [-0.2, -0.15) is 0 Å². The van der Waals surface area contributed by atoms with Crippen LogP contribution in [-0.4, -0.2) is 57.3 Å². The van der Waals surface area contributed by atoms with E-state index in [1.807, 2.05) is 24.3 Å². The van der Waals surface area contributed by atoms with Crippen LogP contribution in [0, 0.1) is 5.41 Å². The van der Waals surface area contributed by atoms with Crippen molar-refractivity contribution >= 4 is 18.3 Å². The molecule has 0 aromatic heterocycles. The molecule has 1 saturated heterocycles. The number of nitrogens with one attached hydrogen (secondary N) is 1. The number of halogens is 1. The average molecular weight is 372 g/mol. The summed E-state index contributed by atoms with van der Waals surface area (Å²) in [5, 5.41) is 2.97. The van der Waals surface area contributed by atoms with Gasteiger partial charge in [0, 0.05) is 20.2 Å². The van der Waals surface area contributed by atoms with Crippen LogP contribution in [0.25, 0.3) is 0 Å². The molecule has 1 aliphatic rings. The Kier molecular flexibility index (Phi) is 9.21. The molecule has 2 rings (SSSR count). The summed E-state index contributed by atoms with van der Waals surface area (Å²) in [5.41, 5.74) is 6.97. The van der Waals surface area contributed by atoms with E-state index in [9.17, 15) is 4.79 Å². The number of carbonyl (C=O) groups is 1. The highest BCUT2D eigenvalue weighted by molar-refractivity contribution is 5.85. The second-order valence-corrected chi connectivity index (χ2v) is 6.74. The zero-order valence-electron chi connectivity index (χ0n) is 15.1. The number of nitrogens with zero attached hydrogens (tertiary/aromatic N) is 1. The first-order chi connectivity index (χ1) is 11.5. The third-order valence-electron chi connectivity index (χ3n) is 4.44. The van der Waals surface area contributed by atoms with Crippen LogP contribution in [0.2, 0.25) is 0 Å². The standard InChI is InChI=1S/C18H29N3O3.ClH/c1-18(13-19)6-7-21(14-18)12-17(22)20-11-15-4-3-5-16(10-15)24-9-8-23-2;/h3-5,10H,6-9,11-14,19H2,1-2H3,(H,20,22);1H. The first-order valence-corrected chi connectivity index (χ1v) is 8.44. The molecule has 25 heavy (non-hydrogen) atoms. The molecule has 1 aliphatic heterocycles. The van der Waals surface area contributed by atoms with E-state index >= 15 is 0 Å². The minimum Gasteiger partial charge on any atom is -0.491 e. The predicted octanol–water partition coefficient (Wildman–Crippen LogP) is 1.42. The highest BCUT2D eigenvalue weighted by Gasteiger charge is 2.32. The number of benzene rings is 1. The average Bonchev–Trinajstić information content (AvgIpc) is 2.95. The highest BCUT2D eigenvalue weighted by atomic mass is 35.5. The van der Waals surface area contributed by atoms with E-state index in [0.717, 1.165) is 30.8 Å². The normalized spacial score (nSPS) is 20.1. The molecule has 3 N–H and O–H groups in total. The van der Waals surface area contributed by atoms with Gasteiger partial charge in [-0.05, 0) is 42.6 Å². The van der Waals surface area contributed by atoms with Crippen LogP contribution < -0.4 is 15.8 Å². The van der Waals surface area contributed by atoms with Crippen molar-refractivity contribution in [2.24, 2.45) is 11.1 Å². The Morgan fingerprint density at radius 2 is 2.20 bits per heavy atom. The number of ether oxygens (including phenoxy) is 2. The molecule has 0 radical (unpaired) electrons. The fourth-order valence-corrected chi connectivity index (χ4v) is 2.88. The number of likely N-dealkylation sites (tertiary alicyclic amines) is 1. The fourth-order valence-electron chi connectivity index (χ4n) is 2.88. The molecular weight excluding hydrogens is 342 g/mol. The van der Waals surface area contributed by atoms with Crippen LogP contribution >= 0.6 is 12.4 Å². The monoisotopic (exact) mass is 371 g/mol. The third-order valence-corrected chi connectivity index (χ3v) is 4.44. The smallest absolute Gasteiger partial charge is 0.234 e. The zero-order chi connectivity index (χ0) is 17.4. The lowest BCUT2D eigenvalue weighted by Crippen LogP contribution is -2.38. The Bertz CT molecular complexity index is 544. The summed E-state index contributed by atoms with van der Waals surface area (Å²) in [4.78, 5) is 14.3. The topological polar surface area (TPSA) is 76.8 Å². The molecule has 6 nitrogen and oxygen atoms in total. The Morgan fingerprint density at radius 1 is 1.40 bits per heavy atom. The largest absolute Gasteiger partial charge is 0.491 e. The van der Waals surface area contributed by atoms with Gasteiger partial charge in [0.2, 0.25) is 5.91 Å². The number of nitrogens with two attached hydrogens (primary N) is 1. The van der Waals surface area contributed by atoms with Gasteiger partial charge in [0.1, 0.15) is 12.4 Å². The lowest BCUT2D eigenvalue weighted by atomic mass is 9.90. The number of amides is 1. The predicted molar refractivity (Wildman–Crippen MR) is 101 cm³/mol. The van der Waals surface area contributed by atoms with Gasteiger partial charge in [-0.25, -0.2) is 0 Å². The number of hydrogen-bond acceptors (Lipinski definition) is 5.